The predicted molar refractivity (Wildman–Crippen MR) is 101 cm³/mol. The molecule has 0 bridgehead atoms. The third-order valence-corrected chi connectivity index (χ3v) is 4.41. The molecule has 142 valence electrons. The molecule has 0 heterocycles. The van der Waals surface area contributed by atoms with E-state index in [1.807, 2.05) is 19.9 Å². The molecule has 0 aromatic heterocycles. The molecule has 0 aliphatic carbocycles. The number of Topliss-reactive ketones (excluding diaryl/α,β-unsaturated/α-hetero) is 1. The largest absolute Gasteiger partial charge is 0.497 e. The number of methoxy groups -OCH3 is 1. The van der Waals surface area contributed by atoms with Crippen LogP contribution in [0.15, 0.2) is 42.5 Å². The second-order valence-corrected chi connectivity index (χ2v) is 6.33. The highest BCUT2D eigenvalue weighted by Gasteiger charge is 2.22. The molecule has 2 aromatic carbocycles. The zero-order chi connectivity index (χ0) is 20.0. The van der Waals surface area contributed by atoms with Crippen LogP contribution in [-0.4, -0.2) is 29.9 Å². The summed E-state index contributed by atoms with van der Waals surface area (Å²) in [4.78, 5) is 35.9. The van der Waals surface area contributed by atoms with Crippen LogP contribution in [0, 0.1) is 13.8 Å². The van der Waals surface area contributed by atoms with Crippen molar-refractivity contribution in [1.82, 2.24) is 5.32 Å². The fourth-order valence-corrected chi connectivity index (χ4v) is 2.61. The van der Waals surface area contributed by atoms with Crippen molar-refractivity contribution in [3.05, 3.63) is 64.7 Å². The molecule has 0 saturated carbocycles. The lowest BCUT2D eigenvalue weighted by molar-refractivity contribution is -0.142. The van der Waals surface area contributed by atoms with Crippen molar-refractivity contribution in [2.24, 2.45) is 0 Å². The number of hydrogen-bond donors (Lipinski definition) is 2. The maximum atomic E-state index is 12.2. The van der Waals surface area contributed by atoms with Crippen LogP contribution in [0.5, 0.6) is 5.75 Å². The van der Waals surface area contributed by atoms with Crippen LogP contribution in [0.4, 0.5) is 0 Å². The summed E-state index contributed by atoms with van der Waals surface area (Å²) in [5.41, 5.74) is 2.97. The summed E-state index contributed by atoms with van der Waals surface area (Å²) in [6, 6.07) is 10.7. The van der Waals surface area contributed by atoms with Gasteiger partial charge in [0, 0.05) is 18.4 Å². The molecule has 0 spiro atoms. The van der Waals surface area contributed by atoms with E-state index in [4.69, 9.17) is 4.74 Å². The molecule has 2 rings (SSSR count). The maximum absolute atomic E-state index is 12.2. The van der Waals surface area contributed by atoms with Gasteiger partial charge in [0.2, 0.25) is 5.91 Å². The maximum Gasteiger partial charge on any atom is 0.330 e. The number of aliphatic carboxylic acids is 1. The number of carboxylic acid groups (broad SMARTS) is 1. The first-order valence-corrected chi connectivity index (χ1v) is 8.58. The van der Waals surface area contributed by atoms with Crippen LogP contribution in [-0.2, 0) is 9.59 Å². The summed E-state index contributed by atoms with van der Waals surface area (Å²) in [5.74, 6) is -1.18. The van der Waals surface area contributed by atoms with Crippen molar-refractivity contribution in [1.29, 1.82) is 0 Å². The van der Waals surface area contributed by atoms with Crippen LogP contribution in [0.25, 0.3) is 0 Å². The van der Waals surface area contributed by atoms with Crippen molar-refractivity contribution in [3.63, 3.8) is 0 Å². The summed E-state index contributed by atoms with van der Waals surface area (Å²) in [6.45, 7) is 3.81. The molecule has 0 radical (unpaired) electrons. The minimum atomic E-state index is -1.15. The Bertz CT molecular complexity index is 842. The van der Waals surface area contributed by atoms with E-state index >= 15 is 0 Å². The van der Waals surface area contributed by atoms with Gasteiger partial charge in [-0.25, -0.2) is 4.79 Å². The quantitative estimate of drug-likeness (QED) is 0.697. The zero-order valence-electron chi connectivity index (χ0n) is 15.6. The van der Waals surface area contributed by atoms with Gasteiger partial charge in [-0.05, 0) is 54.8 Å². The molecular weight excluding hydrogens is 346 g/mol. The van der Waals surface area contributed by atoms with E-state index in [1.165, 1.54) is 7.11 Å². The summed E-state index contributed by atoms with van der Waals surface area (Å²) >= 11 is 0. The van der Waals surface area contributed by atoms with Gasteiger partial charge in [-0.15, -0.1) is 0 Å². The number of carbonyl (C=O) groups is 3. The van der Waals surface area contributed by atoms with Gasteiger partial charge < -0.3 is 15.2 Å². The van der Waals surface area contributed by atoms with Gasteiger partial charge in [-0.3, -0.25) is 9.59 Å². The number of hydrogen-bond acceptors (Lipinski definition) is 4. The Morgan fingerprint density at radius 3 is 2.22 bits per heavy atom. The topological polar surface area (TPSA) is 92.7 Å². The van der Waals surface area contributed by atoms with Crippen molar-refractivity contribution in [3.8, 4) is 5.75 Å². The normalized spacial score (nSPS) is 11.5. The Labute approximate surface area is 158 Å². The molecule has 0 fully saturated rings. The highest BCUT2D eigenvalue weighted by molar-refractivity contribution is 5.98. The monoisotopic (exact) mass is 369 g/mol. The first-order valence-electron chi connectivity index (χ1n) is 8.58. The lowest BCUT2D eigenvalue weighted by Gasteiger charge is -2.16. The molecule has 0 aliphatic rings. The Kier molecular flexibility index (Phi) is 6.71. The summed E-state index contributed by atoms with van der Waals surface area (Å²) < 4.78 is 5.04. The molecule has 1 unspecified atom stereocenters. The van der Waals surface area contributed by atoms with Crippen LogP contribution in [0.1, 0.15) is 45.9 Å². The SMILES string of the molecule is COc1ccc(C(=O)CCC(=O)NC(C(=O)O)c2ccc(C)c(C)c2)cc1. The molecule has 0 aliphatic heterocycles. The van der Waals surface area contributed by atoms with Gasteiger partial charge >= 0.3 is 5.97 Å². The van der Waals surface area contributed by atoms with Crippen LogP contribution >= 0.6 is 0 Å². The Morgan fingerprint density at radius 2 is 1.67 bits per heavy atom. The Morgan fingerprint density at radius 1 is 1.00 bits per heavy atom. The third kappa shape index (κ3) is 5.41. The van der Waals surface area contributed by atoms with Gasteiger partial charge in [0.1, 0.15) is 5.75 Å². The molecule has 27 heavy (non-hydrogen) atoms. The van der Waals surface area contributed by atoms with Crippen molar-refractivity contribution in [2.45, 2.75) is 32.7 Å². The number of amides is 1. The van der Waals surface area contributed by atoms with Gasteiger partial charge in [0.05, 0.1) is 7.11 Å². The lowest BCUT2D eigenvalue weighted by atomic mass is 10.0. The first kappa shape index (κ1) is 20.2. The van der Waals surface area contributed by atoms with E-state index in [0.29, 0.717) is 16.9 Å². The van der Waals surface area contributed by atoms with E-state index in [1.54, 1.807) is 36.4 Å². The molecule has 0 saturated heterocycles. The first-order chi connectivity index (χ1) is 12.8. The van der Waals surface area contributed by atoms with E-state index in [9.17, 15) is 19.5 Å². The van der Waals surface area contributed by atoms with Gasteiger partial charge in [0.25, 0.3) is 0 Å². The molecule has 6 nitrogen and oxygen atoms in total. The highest BCUT2D eigenvalue weighted by Crippen LogP contribution is 2.18. The number of aryl methyl sites for hydroxylation is 2. The van der Waals surface area contributed by atoms with Crippen LogP contribution < -0.4 is 10.1 Å². The fourth-order valence-electron chi connectivity index (χ4n) is 2.61. The van der Waals surface area contributed by atoms with Gasteiger partial charge in [-0.1, -0.05) is 18.2 Å². The number of ketones is 1. The number of benzene rings is 2. The number of nitrogens with one attached hydrogen (secondary N) is 1. The molecule has 6 heteroatoms. The van der Waals surface area contributed by atoms with Crippen molar-refractivity contribution >= 4 is 17.7 Å². The summed E-state index contributed by atoms with van der Waals surface area (Å²) in [6.07, 6.45) is -0.0864. The van der Waals surface area contributed by atoms with E-state index in [0.717, 1.165) is 11.1 Å². The Hall–Kier alpha value is -3.15. The van der Waals surface area contributed by atoms with Crippen molar-refractivity contribution in [2.75, 3.05) is 7.11 Å². The number of ether oxygens (including phenoxy) is 1. The smallest absolute Gasteiger partial charge is 0.330 e. The molecule has 2 N–H and O–H groups in total. The average molecular weight is 369 g/mol. The van der Waals surface area contributed by atoms with Crippen LogP contribution in [0.3, 0.4) is 0 Å². The minimum absolute atomic E-state index is 0.00255. The molecular formula is C21H23NO5. The summed E-state index contributed by atoms with van der Waals surface area (Å²) in [5, 5.41) is 11.9. The molecule has 1 amide bonds. The van der Waals surface area contributed by atoms with E-state index in [2.05, 4.69) is 5.32 Å². The van der Waals surface area contributed by atoms with Crippen LogP contribution in [0.2, 0.25) is 0 Å². The third-order valence-electron chi connectivity index (χ3n) is 4.41. The second-order valence-electron chi connectivity index (χ2n) is 6.33. The van der Waals surface area contributed by atoms with Gasteiger partial charge in [-0.2, -0.15) is 0 Å². The number of carboxylic acids is 1. The summed E-state index contributed by atoms with van der Waals surface area (Å²) in [7, 11) is 1.54. The standard InChI is InChI=1S/C21H23NO5/c1-13-4-5-16(12-14(13)2)20(21(25)26)22-19(24)11-10-18(23)15-6-8-17(27-3)9-7-15/h4-9,12,20H,10-11H2,1-3H3,(H,22,24)(H,25,26). The lowest BCUT2D eigenvalue weighted by Crippen LogP contribution is -2.34. The average Bonchev–Trinajstić information content (AvgIpc) is 2.66. The van der Waals surface area contributed by atoms with E-state index in [-0.39, 0.29) is 18.6 Å². The van der Waals surface area contributed by atoms with Gasteiger partial charge in [0.15, 0.2) is 11.8 Å². The number of carbonyl (C=O) groups excluding carboxylic acids is 2. The molecule has 2 aromatic rings. The number of rotatable bonds is 8. The predicted octanol–water partition coefficient (Wildman–Crippen LogP) is 3.22. The highest BCUT2D eigenvalue weighted by atomic mass is 16.5. The van der Waals surface area contributed by atoms with E-state index < -0.39 is 17.9 Å². The fraction of sp³-hybridized carbons (Fsp3) is 0.286. The molecule has 1 atom stereocenters. The minimum Gasteiger partial charge on any atom is -0.497 e. The zero-order valence-corrected chi connectivity index (χ0v) is 15.6. The Balaban J connectivity index is 1.98. The van der Waals surface area contributed by atoms with Crippen molar-refractivity contribution < 1.29 is 24.2 Å². The second kappa shape index (κ2) is 8.98.